The molecule has 39 heavy (non-hydrogen) atoms. The summed E-state index contributed by atoms with van der Waals surface area (Å²) in [7, 11) is -3.51. The smallest absolute Gasteiger partial charge is 0.191 e. The van der Waals surface area contributed by atoms with E-state index in [1.165, 1.54) is 96.3 Å². The molecule has 0 aromatic heterocycles. The zero-order chi connectivity index (χ0) is 29.2. The molecule has 1 rings (SSSR count). The zero-order valence-electron chi connectivity index (χ0n) is 27.9. The van der Waals surface area contributed by atoms with E-state index in [1.807, 2.05) is 0 Å². The predicted octanol–water partition coefficient (Wildman–Crippen LogP) is 12.1. The Hall–Kier alpha value is -0.646. The molecular weight excluding hydrogens is 505 g/mol. The van der Waals surface area contributed by atoms with Crippen LogP contribution in [0.25, 0.3) is 0 Å². The van der Waals surface area contributed by atoms with Gasteiger partial charge in [-0.15, -0.1) is 0 Å². The summed E-state index contributed by atoms with van der Waals surface area (Å²) in [5.41, 5.74) is 0.616. The van der Waals surface area contributed by atoms with E-state index in [4.69, 9.17) is 4.43 Å². The molecule has 0 aliphatic rings. The second-order valence-electron chi connectivity index (χ2n) is 14.3. The molecule has 1 aromatic rings. The normalized spacial score (nSPS) is 14.7. The number of hydrogen-bond donors (Lipinski definition) is 0. The highest BCUT2D eigenvalue weighted by molar-refractivity contribution is 6.91. The second-order valence-corrected chi connectivity index (χ2v) is 23.8. The highest BCUT2D eigenvalue weighted by Crippen LogP contribution is 2.40. The van der Waals surface area contributed by atoms with Gasteiger partial charge in [0.15, 0.2) is 8.32 Å². The van der Waals surface area contributed by atoms with Crippen molar-refractivity contribution < 1.29 is 4.43 Å². The third kappa shape index (κ3) is 14.2. The van der Waals surface area contributed by atoms with Gasteiger partial charge < -0.3 is 4.43 Å². The second kappa shape index (κ2) is 19.5. The number of hydrogen-bond acceptors (Lipinski definition) is 1. The molecule has 0 aliphatic carbocycles. The predicted molar refractivity (Wildman–Crippen MR) is 184 cm³/mol. The monoisotopic (exact) mass is 572 g/mol. The molecule has 0 saturated carbocycles. The topological polar surface area (TPSA) is 9.23 Å². The third-order valence-corrected chi connectivity index (χ3v) is 18.2. The molecule has 226 valence electrons. The van der Waals surface area contributed by atoms with Crippen molar-refractivity contribution >= 4 is 21.6 Å². The van der Waals surface area contributed by atoms with Crippen molar-refractivity contribution in [3.63, 3.8) is 0 Å². The van der Waals surface area contributed by atoms with Crippen LogP contribution in [0.5, 0.6) is 0 Å². The summed E-state index contributed by atoms with van der Waals surface area (Å²) in [5.74, 6) is 0.609. The lowest BCUT2D eigenvalue weighted by Crippen LogP contribution is -2.49. The van der Waals surface area contributed by atoms with Crippen molar-refractivity contribution in [3.8, 4) is 0 Å². The lowest BCUT2D eigenvalue weighted by atomic mass is 9.97. The Kier molecular flexibility index (Phi) is 18.2. The summed E-state index contributed by atoms with van der Waals surface area (Å²) in [4.78, 5) is 0. The highest BCUT2D eigenvalue weighted by Gasteiger charge is 2.41. The molecule has 0 aliphatic heterocycles. The van der Waals surface area contributed by atoms with Gasteiger partial charge in [0, 0.05) is 6.61 Å². The highest BCUT2D eigenvalue weighted by atomic mass is 28.4. The molecule has 0 saturated heterocycles. The van der Waals surface area contributed by atoms with Crippen LogP contribution in [-0.2, 0) is 4.43 Å². The molecular formula is C36H68OSi2. The van der Waals surface area contributed by atoms with Gasteiger partial charge in [0.05, 0.1) is 8.07 Å². The first kappa shape index (κ1) is 36.4. The van der Waals surface area contributed by atoms with Crippen molar-refractivity contribution in [1.82, 2.24) is 0 Å². The first-order valence-corrected chi connectivity index (χ1v) is 22.8. The van der Waals surface area contributed by atoms with Crippen LogP contribution in [0.3, 0.4) is 0 Å². The lowest BCUT2D eigenvalue weighted by molar-refractivity contribution is 0.217. The van der Waals surface area contributed by atoms with Crippen molar-refractivity contribution in [1.29, 1.82) is 0 Å². The van der Waals surface area contributed by atoms with Gasteiger partial charge in [0.2, 0.25) is 0 Å². The summed E-state index contributed by atoms with van der Waals surface area (Å²) >= 11 is 0. The number of unbranched alkanes of at least 4 members (excludes halogenated alkanes) is 12. The Morgan fingerprint density at radius 1 is 0.718 bits per heavy atom. The van der Waals surface area contributed by atoms with E-state index in [-0.39, 0.29) is 5.04 Å². The Labute approximate surface area is 248 Å². The van der Waals surface area contributed by atoms with Crippen LogP contribution in [0, 0.1) is 5.92 Å². The fraction of sp³-hybridized carbons (Fsp3) is 0.778. The summed E-state index contributed by atoms with van der Waals surface area (Å²) < 4.78 is 6.96. The van der Waals surface area contributed by atoms with E-state index in [9.17, 15) is 0 Å². The van der Waals surface area contributed by atoms with Gasteiger partial charge in [-0.3, -0.25) is 0 Å². The van der Waals surface area contributed by atoms with E-state index in [0.717, 1.165) is 6.61 Å². The number of rotatable bonds is 22. The van der Waals surface area contributed by atoms with Gasteiger partial charge in [-0.1, -0.05) is 172 Å². The van der Waals surface area contributed by atoms with E-state index < -0.39 is 16.4 Å². The van der Waals surface area contributed by atoms with E-state index in [2.05, 4.69) is 103 Å². The first-order valence-electron chi connectivity index (χ1n) is 16.8. The standard InChI is InChI=1S/C36H68OSi2/c1-10-12-14-16-17-18-19-20-21-22-27-31-35(38(6,7)34-29-25-23-26-30-34)33(28-24-15-13-11-2)32-37-39(8,9)36(3,4)5/h23,25-27,29-31,33,35H,10-22,24,28,32H2,1-9H3/b31-27+/t33-,35+/m1/s1. The molecule has 0 amide bonds. The van der Waals surface area contributed by atoms with Gasteiger partial charge in [-0.25, -0.2) is 0 Å². The Morgan fingerprint density at radius 3 is 1.77 bits per heavy atom. The van der Waals surface area contributed by atoms with Crippen molar-refractivity contribution in [2.45, 2.75) is 168 Å². The Balaban J connectivity index is 2.97. The lowest BCUT2D eigenvalue weighted by Gasteiger charge is -2.41. The minimum absolute atomic E-state index is 0.257. The molecule has 0 fully saturated rings. The molecule has 0 unspecified atom stereocenters. The van der Waals surface area contributed by atoms with E-state index in [1.54, 1.807) is 5.19 Å². The molecule has 0 heterocycles. The average molecular weight is 573 g/mol. The van der Waals surface area contributed by atoms with Crippen molar-refractivity contribution in [2.75, 3.05) is 6.61 Å². The summed E-state index contributed by atoms with van der Waals surface area (Å²) in [6, 6.07) is 11.5. The SMILES string of the molecule is CCCCCCCCCCC/C=C/[C@@H]([C@H](CCCCCC)CO[Si](C)(C)C(C)(C)C)[Si](C)(C)c1ccccc1. The van der Waals surface area contributed by atoms with Crippen LogP contribution in [0.1, 0.15) is 131 Å². The van der Waals surface area contributed by atoms with Crippen molar-refractivity contribution in [2.24, 2.45) is 5.92 Å². The summed E-state index contributed by atoms with van der Waals surface area (Å²) in [6.07, 6.45) is 25.7. The molecule has 0 spiro atoms. The molecule has 0 radical (unpaired) electrons. The minimum atomic E-state index is -1.78. The van der Waals surface area contributed by atoms with Crippen LogP contribution in [0.4, 0.5) is 0 Å². The zero-order valence-corrected chi connectivity index (χ0v) is 29.9. The fourth-order valence-electron chi connectivity index (χ4n) is 5.59. The molecule has 1 nitrogen and oxygen atoms in total. The first-order chi connectivity index (χ1) is 18.5. The molecule has 0 bridgehead atoms. The van der Waals surface area contributed by atoms with Crippen molar-refractivity contribution in [3.05, 3.63) is 42.5 Å². The van der Waals surface area contributed by atoms with E-state index in [0.29, 0.717) is 11.5 Å². The van der Waals surface area contributed by atoms with Gasteiger partial charge in [-0.05, 0) is 48.9 Å². The van der Waals surface area contributed by atoms with Gasteiger partial charge in [0.25, 0.3) is 0 Å². The van der Waals surface area contributed by atoms with Crippen LogP contribution in [-0.4, -0.2) is 23.0 Å². The maximum Gasteiger partial charge on any atom is 0.191 e. The maximum atomic E-state index is 6.96. The Morgan fingerprint density at radius 2 is 1.23 bits per heavy atom. The molecule has 1 aromatic carbocycles. The number of allylic oxidation sites excluding steroid dienone is 2. The molecule has 0 N–H and O–H groups in total. The average Bonchev–Trinajstić information content (AvgIpc) is 2.89. The van der Waals surface area contributed by atoms with Crippen LogP contribution < -0.4 is 5.19 Å². The molecule has 3 heteroatoms. The minimum Gasteiger partial charge on any atom is -0.417 e. The third-order valence-electron chi connectivity index (χ3n) is 9.57. The Bertz CT molecular complexity index is 747. The van der Waals surface area contributed by atoms with Crippen LogP contribution in [0.2, 0.25) is 36.8 Å². The fourth-order valence-corrected chi connectivity index (χ4v) is 10.2. The van der Waals surface area contributed by atoms with E-state index >= 15 is 0 Å². The number of benzene rings is 1. The molecule has 2 atom stereocenters. The maximum absolute atomic E-state index is 6.96. The van der Waals surface area contributed by atoms with Gasteiger partial charge in [0.1, 0.15) is 0 Å². The van der Waals surface area contributed by atoms with Gasteiger partial charge in [-0.2, -0.15) is 0 Å². The van der Waals surface area contributed by atoms with Gasteiger partial charge >= 0.3 is 0 Å². The van der Waals surface area contributed by atoms with Crippen LogP contribution in [0.15, 0.2) is 42.5 Å². The summed E-state index contributed by atoms with van der Waals surface area (Å²) in [6.45, 7) is 22.8. The van der Waals surface area contributed by atoms with Crippen LogP contribution >= 0.6 is 0 Å². The summed E-state index contributed by atoms with van der Waals surface area (Å²) in [5, 5.41) is 1.85. The quantitative estimate of drug-likeness (QED) is 0.0762. The largest absolute Gasteiger partial charge is 0.417 e.